The molecule has 0 aliphatic carbocycles. The summed E-state index contributed by atoms with van der Waals surface area (Å²) in [7, 11) is 0. The number of amides is 1. The molecular weight excluding hydrogens is 389 g/mol. The normalized spacial score (nSPS) is 13.3. The number of rotatable bonds is 3. The summed E-state index contributed by atoms with van der Waals surface area (Å²) in [4.78, 5) is 25.1. The lowest BCUT2D eigenvalue weighted by Crippen LogP contribution is -2.36. The maximum atomic E-state index is 13.2. The molecule has 0 radical (unpaired) electrons. The molecule has 1 amide bonds. The van der Waals surface area contributed by atoms with E-state index in [2.05, 4.69) is 5.16 Å². The van der Waals surface area contributed by atoms with Crippen molar-refractivity contribution in [1.29, 1.82) is 0 Å². The van der Waals surface area contributed by atoms with Crippen molar-refractivity contribution in [3.05, 3.63) is 80.2 Å². The zero-order valence-electron chi connectivity index (χ0n) is 14.4. The molecule has 28 heavy (non-hydrogen) atoms. The fraction of sp³-hybridized carbons (Fsp3) is 0.158. The van der Waals surface area contributed by atoms with Gasteiger partial charge in [-0.05, 0) is 36.4 Å². The van der Waals surface area contributed by atoms with E-state index in [4.69, 9.17) is 16.1 Å². The van der Waals surface area contributed by atoms with Crippen molar-refractivity contribution in [3.8, 4) is 11.3 Å². The van der Waals surface area contributed by atoms with Gasteiger partial charge in [0.05, 0.1) is 17.2 Å². The number of hydrogen-bond acceptors (Lipinski definition) is 5. The monoisotopic (exact) mass is 401 g/mol. The van der Waals surface area contributed by atoms with Gasteiger partial charge in [-0.25, -0.2) is 4.39 Å². The lowest BCUT2D eigenvalue weighted by Gasteiger charge is -2.26. The number of benzene rings is 2. The average Bonchev–Trinajstić information content (AvgIpc) is 3.11. The number of nitro benzene ring substituents is 1. The van der Waals surface area contributed by atoms with Crippen LogP contribution >= 0.6 is 11.6 Å². The summed E-state index contributed by atoms with van der Waals surface area (Å²) in [6.07, 6.45) is 0.452. The standard InChI is InChI=1S/C19H13ClFN3O4/c20-12-3-6-14(17(9-12)24(26)27)19(25)23-8-7-16-15(10-23)18(28-22-16)11-1-4-13(21)5-2-11/h1-6,9H,7-8,10H2. The van der Waals surface area contributed by atoms with Gasteiger partial charge >= 0.3 is 0 Å². The summed E-state index contributed by atoms with van der Waals surface area (Å²) < 4.78 is 18.6. The number of aromatic nitrogens is 1. The van der Waals surface area contributed by atoms with E-state index < -0.39 is 10.8 Å². The predicted molar refractivity (Wildman–Crippen MR) is 98.4 cm³/mol. The van der Waals surface area contributed by atoms with E-state index in [1.54, 1.807) is 12.1 Å². The fourth-order valence-corrected chi connectivity index (χ4v) is 3.39. The van der Waals surface area contributed by atoms with Gasteiger partial charge in [-0.3, -0.25) is 14.9 Å². The summed E-state index contributed by atoms with van der Waals surface area (Å²) >= 11 is 5.83. The third kappa shape index (κ3) is 3.22. The minimum absolute atomic E-state index is 0.0300. The van der Waals surface area contributed by atoms with Gasteiger partial charge in [-0.15, -0.1) is 0 Å². The van der Waals surface area contributed by atoms with E-state index in [0.29, 0.717) is 35.5 Å². The van der Waals surface area contributed by atoms with Crippen molar-refractivity contribution in [2.24, 2.45) is 0 Å². The van der Waals surface area contributed by atoms with Crippen LogP contribution in [-0.4, -0.2) is 27.4 Å². The smallest absolute Gasteiger partial charge is 0.283 e. The molecule has 1 aliphatic rings. The molecule has 142 valence electrons. The Morgan fingerprint density at radius 3 is 2.71 bits per heavy atom. The van der Waals surface area contributed by atoms with Crippen LogP contribution in [-0.2, 0) is 13.0 Å². The number of hydrogen-bond donors (Lipinski definition) is 0. The van der Waals surface area contributed by atoms with Crippen molar-refractivity contribution >= 4 is 23.2 Å². The van der Waals surface area contributed by atoms with Crippen molar-refractivity contribution in [2.45, 2.75) is 13.0 Å². The van der Waals surface area contributed by atoms with Crippen LogP contribution in [0.2, 0.25) is 5.02 Å². The Morgan fingerprint density at radius 1 is 1.25 bits per heavy atom. The molecule has 0 atom stereocenters. The van der Waals surface area contributed by atoms with Gasteiger partial charge in [-0.1, -0.05) is 16.8 Å². The van der Waals surface area contributed by atoms with Crippen molar-refractivity contribution in [1.82, 2.24) is 10.1 Å². The molecule has 9 heteroatoms. The first-order valence-electron chi connectivity index (χ1n) is 8.40. The van der Waals surface area contributed by atoms with Crippen molar-refractivity contribution < 1.29 is 18.6 Å². The maximum absolute atomic E-state index is 13.2. The predicted octanol–water partition coefficient (Wildman–Crippen LogP) is 4.24. The van der Waals surface area contributed by atoms with Crippen LogP contribution in [0.1, 0.15) is 21.6 Å². The molecule has 3 aromatic rings. The second-order valence-electron chi connectivity index (χ2n) is 6.34. The molecule has 0 saturated carbocycles. The van der Waals surface area contributed by atoms with Gasteiger partial charge < -0.3 is 9.42 Å². The van der Waals surface area contributed by atoms with Gasteiger partial charge in [0, 0.05) is 35.2 Å². The van der Waals surface area contributed by atoms with E-state index in [1.165, 1.54) is 29.2 Å². The second-order valence-corrected chi connectivity index (χ2v) is 6.78. The Morgan fingerprint density at radius 2 is 2.00 bits per heavy atom. The number of carbonyl (C=O) groups is 1. The lowest BCUT2D eigenvalue weighted by molar-refractivity contribution is -0.385. The molecule has 0 saturated heterocycles. The maximum Gasteiger partial charge on any atom is 0.283 e. The van der Waals surface area contributed by atoms with Crippen LogP contribution in [0.15, 0.2) is 47.0 Å². The molecule has 1 aliphatic heterocycles. The van der Waals surface area contributed by atoms with Crippen LogP contribution in [0.3, 0.4) is 0 Å². The SMILES string of the molecule is O=C(c1ccc(Cl)cc1[N+](=O)[O-])N1CCc2noc(-c3ccc(F)cc3)c2C1. The minimum Gasteiger partial charge on any atom is -0.356 e. The fourth-order valence-electron chi connectivity index (χ4n) is 3.22. The molecular formula is C19H13ClFN3O4. The van der Waals surface area contributed by atoms with Crippen molar-refractivity contribution in [3.63, 3.8) is 0 Å². The number of fused-ring (bicyclic) bond motifs is 1. The zero-order chi connectivity index (χ0) is 19.8. The Hall–Kier alpha value is -3.26. The van der Waals surface area contributed by atoms with Gasteiger partial charge in [0.1, 0.15) is 11.4 Å². The first-order chi connectivity index (χ1) is 13.4. The molecule has 0 spiro atoms. The van der Waals surface area contributed by atoms with E-state index in [9.17, 15) is 19.3 Å². The topological polar surface area (TPSA) is 89.5 Å². The first kappa shape index (κ1) is 18.1. The van der Waals surface area contributed by atoms with Crippen LogP contribution < -0.4 is 0 Å². The van der Waals surface area contributed by atoms with Crippen molar-refractivity contribution in [2.75, 3.05) is 6.54 Å². The Bertz CT molecular complexity index is 1080. The lowest BCUT2D eigenvalue weighted by atomic mass is 10.0. The van der Waals surface area contributed by atoms with E-state index in [1.807, 2.05) is 0 Å². The minimum atomic E-state index is -0.627. The Kier molecular flexibility index (Phi) is 4.56. The molecule has 1 aromatic heterocycles. The van der Waals surface area contributed by atoms with Gasteiger partial charge in [0.25, 0.3) is 11.6 Å². The third-order valence-electron chi connectivity index (χ3n) is 4.62. The third-order valence-corrected chi connectivity index (χ3v) is 4.85. The molecule has 0 fully saturated rings. The molecule has 2 aromatic carbocycles. The van der Waals surface area contributed by atoms with E-state index in [-0.39, 0.29) is 28.6 Å². The van der Waals surface area contributed by atoms with Gasteiger partial charge in [-0.2, -0.15) is 0 Å². The average molecular weight is 402 g/mol. The summed E-state index contributed by atoms with van der Waals surface area (Å²) in [6, 6.07) is 9.73. The van der Waals surface area contributed by atoms with Gasteiger partial charge in [0.2, 0.25) is 0 Å². The summed E-state index contributed by atoms with van der Waals surface area (Å²) in [5.41, 5.74) is 1.70. The highest BCUT2D eigenvalue weighted by Gasteiger charge is 2.31. The number of nitro groups is 1. The largest absolute Gasteiger partial charge is 0.356 e. The van der Waals surface area contributed by atoms with Crippen LogP contribution in [0.5, 0.6) is 0 Å². The Labute approximate surface area is 163 Å². The number of nitrogens with zero attached hydrogens (tertiary/aromatic N) is 3. The molecule has 0 N–H and O–H groups in total. The van der Waals surface area contributed by atoms with Crippen LogP contribution in [0, 0.1) is 15.9 Å². The summed E-state index contributed by atoms with van der Waals surface area (Å²) in [5, 5.41) is 15.5. The highest BCUT2D eigenvalue weighted by molar-refractivity contribution is 6.31. The molecule has 0 unspecified atom stereocenters. The summed E-state index contributed by atoms with van der Waals surface area (Å²) in [5.74, 6) is -0.387. The second kappa shape index (κ2) is 7.05. The number of halogens is 2. The zero-order valence-corrected chi connectivity index (χ0v) is 15.1. The van der Waals surface area contributed by atoms with Crippen LogP contribution in [0.25, 0.3) is 11.3 Å². The summed E-state index contributed by atoms with van der Waals surface area (Å²) in [6.45, 7) is 0.533. The molecule has 7 nitrogen and oxygen atoms in total. The van der Waals surface area contributed by atoms with Crippen LogP contribution in [0.4, 0.5) is 10.1 Å². The highest BCUT2D eigenvalue weighted by Crippen LogP contribution is 2.32. The Balaban J connectivity index is 1.66. The first-order valence-corrected chi connectivity index (χ1v) is 8.78. The van der Waals surface area contributed by atoms with E-state index >= 15 is 0 Å². The molecule has 2 heterocycles. The van der Waals surface area contributed by atoms with E-state index in [0.717, 1.165) is 6.07 Å². The quantitative estimate of drug-likeness (QED) is 0.483. The highest BCUT2D eigenvalue weighted by atomic mass is 35.5. The molecule has 0 bridgehead atoms. The number of carbonyl (C=O) groups excluding carboxylic acids is 1. The van der Waals surface area contributed by atoms with Gasteiger partial charge in [0.15, 0.2) is 5.76 Å². The molecule has 4 rings (SSSR count).